The van der Waals surface area contributed by atoms with Crippen molar-refractivity contribution < 1.29 is 18.5 Å². The van der Waals surface area contributed by atoms with Crippen LogP contribution in [0.15, 0.2) is 56.2 Å². The van der Waals surface area contributed by atoms with Crippen molar-refractivity contribution in [3.8, 4) is 5.75 Å². The maximum absolute atomic E-state index is 13.5. The molecule has 0 aliphatic carbocycles. The van der Waals surface area contributed by atoms with Crippen molar-refractivity contribution in [2.24, 2.45) is 0 Å². The SMILES string of the molecule is COc1ccc(C2c3c(oc4c(Cl)cc(Cl)cc4c3=O)C(=O)N2c2cc(C)on2)cc1. The predicted octanol–water partition coefficient (Wildman–Crippen LogP) is 5.15. The third-order valence-electron chi connectivity index (χ3n) is 5.18. The Morgan fingerprint density at radius 3 is 2.48 bits per heavy atom. The molecular weight excluding hydrogens is 443 g/mol. The number of carbonyl (C=O) groups is 1. The van der Waals surface area contributed by atoms with Crippen LogP contribution in [0.4, 0.5) is 5.82 Å². The van der Waals surface area contributed by atoms with Gasteiger partial charge in [-0.3, -0.25) is 14.5 Å². The molecule has 1 aliphatic heterocycles. The number of amides is 1. The summed E-state index contributed by atoms with van der Waals surface area (Å²) >= 11 is 12.4. The minimum atomic E-state index is -0.781. The van der Waals surface area contributed by atoms with Crippen molar-refractivity contribution in [3.05, 3.63) is 85.4 Å². The molecule has 1 aliphatic rings. The van der Waals surface area contributed by atoms with Gasteiger partial charge in [0.25, 0.3) is 5.91 Å². The molecule has 0 saturated carbocycles. The van der Waals surface area contributed by atoms with Gasteiger partial charge in [-0.15, -0.1) is 0 Å². The van der Waals surface area contributed by atoms with Gasteiger partial charge in [-0.05, 0) is 36.8 Å². The van der Waals surface area contributed by atoms with E-state index in [1.165, 1.54) is 17.0 Å². The Balaban J connectivity index is 1.82. The predicted molar refractivity (Wildman–Crippen MR) is 115 cm³/mol. The molecule has 0 saturated heterocycles. The molecule has 9 heteroatoms. The van der Waals surface area contributed by atoms with E-state index in [0.717, 1.165) is 0 Å². The topological polar surface area (TPSA) is 85.8 Å². The molecule has 1 amide bonds. The van der Waals surface area contributed by atoms with Gasteiger partial charge in [0.15, 0.2) is 16.8 Å². The smallest absolute Gasteiger partial charge is 0.296 e. The summed E-state index contributed by atoms with van der Waals surface area (Å²) in [6.45, 7) is 1.71. The second kappa shape index (κ2) is 7.14. The zero-order valence-corrected chi connectivity index (χ0v) is 17.8. The van der Waals surface area contributed by atoms with Crippen molar-refractivity contribution in [2.75, 3.05) is 12.0 Å². The zero-order chi connectivity index (χ0) is 21.9. The van der Waals surface area contributed by atoms with E-state index >= 15 is 0 Å². The quantitative estimate of drug-likeness (QED) is 0.423. The monoisotopic (exact) mass is 456 g/mol. The first-order valence-corrected chi connectivity index (χ1v) is 10.0. The first-order valence-electron chi connectivity index (χ1n) is 9.25. The average Bonchev–Trinajstić information content (AvgIpc) is 3.30. The van der Waals surface area contributed by atoms with E-state index in [1.54, 1.807) is 44.4 Å². The third-order valence-corrected chi connectivity index (χ3v) is 5.68. The second-order valence-electron chi connectivity index (χ2n) is 7.08. The summed E-state index contributed by atoms with van der Waals surface area (Å²) < 4.78 is 16.3. The van der Waals surface area contributed by atoms with Crippen molar-refractivity contribution in [1.29, 1.82) is 0 Å². The minimum absolute atomic E-state index is 0.0943. The molecule has 0 N–H and O–H groups in total. The molecule has 0 fully saturated rings. The molecule has 156 valence electrons. The summed E-state index contributed by atoms with van der Waals surface area (Å²) in [6.07, 6.45) is 0. The van der Waals surface area contributed by atoms with Crippen LogP contribution < -0.4 is 15.1 Å². The standard InChI is InChI=1S/C22H14Cl2N2O5/c1-10-7-16(25-31-10)26-18(11-3-5-13(29-2)6-4-11)17-19(27)14-8-12(23)9-15(24)20(14)30-21(17)22(26)28/h3-9,18H,1-2H3. The van der Waals surface area contributed by atoms with Gasteiger partial charge in [-0.2, -0.15) is 0 Å². The summed E-state index contributed by atoms with van der Waals surface area (Å²) in [5, 5.41) is 4.62. The number of aryl methyl sites for hydroxylation is 1. The highest BCUT2D eigenvalue weighted by atomic mass is 35.5. The molecule has 3 heterocycles. The van der Waals surface area contributed by atoms with Crippen LogP contribution in [-0.2, 0) is 0 Å². The number of anilines is 1. The van der Waals surface area contributed by atoms with Crippen molar-refractivity contribution in [3.63, 3.8) is 0 Å². The fourth-order valence-electron chi connectivity index (χ4n) is 3.81. The zero-order valence-electron chi connectivity index (χ0n) is 16.3. The summed E-state index contributed by atoms with van der Waals surface area (Å²) in [6, 6.07) is 10.8. The largest absolute Gasteiger partial charge is 0.497 e. The Kier molecular flexibility index (Phi) is 4.53. The van der Waals surface area contributed by atoms with E-state index in [2.05, 4.69) is 5.16 Å². The molecule has 2 aromatic heterocycles. The summed E-state index contributed by atoms with van der Waals surface area (Å²) in [7, 11) is 1.56. The lowest BCUT2D eigenvalue weighted by molar-refractivity contribution is 0.0969. The van der Waals surface area contributed by atoms with E-state index in [-0.39, 0.29) is 33.1 Å². The van der Waals surface area contributed by atoms with E-state index in [0.29, 0.717) is 22.1 Å². The van der Waals surface area contributed by atoms with E-state index < -0.39 is 17.4 Å². The lowest BCUT2D eigenvalue weighted by Gasteiger charge is -2.22. The Labute approximate surface area is 185 Å². The van der Waals surface area contributed by atoms with Crippen molar-refractivity contribution >= 4 is 45.9 Å². The van der Waals surface area contributed by atoms with E-state index in [9.17, 15) is 9.59 Å². The molecule has 4 aromatic rings. The lowest BCUT2D eigenvalue weighted by atomic mass is 9.98. The summed E-state index contributed by atoms with van der Waals surface area (Å²) in [5.74, 6) is 0.812. The number of halogens is 2. The number of ether oxygens (including phenoxy) is 1. The van der Waals surface area contributed by atoms with Gasteiger partial charge >= 0.3 is 0 Å². The Hall–Kier alpha value is -3.29. The molecule has 31 heavy (non-hydrogen) atoms. The van der Waals surface area contributed by atoms with Crippen LogP contribution in [0, 0.1) is 6.92 Å². The van der Waals surface area contributed by atoms with Crippen LogP contribution in [0.2, 0.25) is 10.0 Å². The van der Waals surface area contributed by atoms with Crippen LogP contribution in [0.25, 0.3) is 11.0 Å². The first-order chi connectivity index (χ1) is 14.9. The molecule has 1 unspecified atom stereocenters. The van der Waals surface area contributed by atoms with Gasteiger partial charge in [0.2, 0.25) is 5.76 Å². The maximum atomic E-state index is 13.5. The highest BCUT2D eigenvalue weighted by Crippen LogP contribution is 2.42. The number of fused-ring (bicyclic) bond motifs is 2. The maximum Gasteiger partial charge on any atom is 0.296 e. The lowest BCUT2D eigenvalue weighted by Crippen LogP contribution is -2.29. The van der Waals surface area contributed by atoms with Gasteiger partial charge in [-0.1, -0.05) is 40.5 Å². The number of rotatable bonds is 3. The molecule has 0 bridgehead atoms. The third kappa shape index (κ3) is 3.00. The van der Waals surface area contributed by atoms with E-state index in [1.807, 2.05) is 0 Å². The molecule has 5 rings (SSSR count). The molecular formula is C22H14Cl2N2O5. The summed E-state index contributed by atoms with van der Waals surface area (Å²) in [5.41, 5.74) is 0.572. The Morgan fingerprint density at radius 2 is 1.84 bits per heavy atom. The molecule has 1 atom stereocenters. The van der Waals surface area contributed by atoms with Crippen molar-refractivity contribution in [2.45, 2.75) is 13.0 Å². The average molecular weight is 457 g/mol. The fraction of sp³-hybridized carbons (Fsp3) is 0.136. The van der Waals surface area contributed by atoms with Gasteiger partial charge in [0.05, 0.1) is 29.1 Å². The number of aromatic nitrogens is 1. The van der Waals surface area contributed by atoms with Crippen LogP contribution in [0.1, 0.15) is 33.5 Å². The van der Waals surface area contributed by atoms with Crippen LogP contribution >= 0.6 is 23.2 Å². The fourth-order valence-corrected chi connectivity index (χ4v) is 4.34. The molecule has 0 radical (unpaired) electrons. The number of carbonyl (C=O) groups excluding carboxylic acids is 1. The van der Waals surface area contributed by atoms with E-state index in [4.69, 9.17) is 36.9 Å². The van der Waals surface area contributed by atoms with Gasteiger partial charge in [-0.25, -0.2) is 0 Å². The van der Waals surface area contributed by atoms with Gasteiger partial charge in [0.1, 0.15) is 11.5 Å². The van der Waals surface area contributed by atoms with Crippen LogP contribution in [0.3, 0.4) is 0 Å². The Morgan fingerprint density at radius 1 is 1.10 bits per heavy atom. The molecule has 7 nitrogen and oxygen atoms in total. The molecule has 0 spiro atoms. The van der Waals surface area contributed by atoms with Gasteiger partial charge < -0.3 is 13.7 Å². The van der Waals surface area contributed by atoms with Crippen molar-refractivity contribution in [1.82, 2.24) is 5.16 Å². The Bertz CT molecular complexity index is 1410. The number of methoxy groups -OCH3 is 1. The van der Waals surface area contributed by atoms with Gasteiger partial charge in [0, 0.05) is 11.1 Å². The van der Waals surface area contributed by atoms with Crippen LogP contribution in [0.5, 0.6) is 5.75 Å². The highest BCUT2D eigenvalue weighted by Gasteiger charge is 2.45. The first kappa shape index (κ1) is 19.7. The van der Waals surface area contributed by atoms with Crippen LogP contribution in [-0.4, -0.2) is 18.2 Å². The number of hydrogen-bond acceptors (Lipinski definition) is 6. The normalized spacial score (nSPS) is 15.5. The minimum Gasteiger partial charge on any atom is -0.497 e. The highest BCUT2D eigenvalue weighted by molar-refractivity contribution is 6.38. The number of nitrogens with zero attached hydrogens (tertiary/aromatic N) is 2. The number of benzene rings is 2. The summed E-state index contributed by atoms with van der Waals surface area (Å²) in [4.78, 5) is 28.3. The molecule has 2 aromatic carbocycles. The second-order valence-corrected chi connectivity index (χ2v) is 7.93. The number of hydrogen-bond donors (Lipinski definition) is 0.